The summed E-state index contributed by atoms with van der Waals surface area (Å²) in [7, 11) is 0. The van der Waals surface area contributed by atoms with Gasteiger partial charge in [0.1, 0.15) is 10.9 Å². The Morgan fingerprint density at radius 1 is 1.12 bits per heavy atom. The Bertz CT molecular complexity index is 940. The van der Waals surface area contributed by atoms with Crippen LogP contribution < -0.4 is 5.32 Å². The second-order valence-electron chi connectivity index (χ2n) is 5.44. The standard InChI is InChI=1S/C18H13Cl2NO3S/c19-11-6-7-12-14(9-11)25-16(15(12)20)17(22)21-13(18(23)24)8-10-4-2-1-3-5-10/h1-7,9,13H,8H2,(H,21,22)(H,23,24). The summed E-state index contributed by atoms with van der Waals surface area (Å²) in [6, 6.07) is 13.2. The van der Waals surface area contributed by atoms with Gasteiger partial charge in [0.15, 0.2) is 0 Å². The highest BCUT2D eigenvalue weighted by atomic mass is 35.5. The van der Waals surface area contributed by atoms with E-state index >= 15 is 0 Å². The average Bonchev–Trinajstić information content (AvgIpc) is 2.91. The van der Waals surface area contributed by atoms with Gasteiger partial charge < -0.3 is 10.4 Å². The summed E-state index contributed by atoms with van der Waals surface area (Å²) in [6.07, 6.45) is 0.191. The predicted molar refractivity (Wildman–Crippen MR) is 101 cm³/mol. The monoisotopic (exact) mass is 393 g/mol. The maximum atomic E-state index is 12.5. The normalized spacial score (nSPS) is 12.1. The molecule has 1 amide bonds. The number of carbonyl (C=O) groups excluding carboxylic acids is 1. The maximum absolute atomic E-state index is 12.5. The van der Waals surface area contributed by atoms with Gasteiger partial charge >= 0.3 is 5.97 Å². The Labute approximate surface area is 158 Å². The van der Waals surface area contributed by atoms with Crippen LogP contribution in [0, 0.1) is 0 Å². The van der Waals surface area contributed by atoms with Crippen molar-refractivity contribution in [1.82, 2.24) is 5.32 Å². The lowest BCUT2D eigenvalue weighted by Gasteiger charge is -2.14. The Balaban J connectivity index is 1.84. The molecule has 128 valence electrons. The van der Waals surface area contributed by atoms with Gasteiger partial charge in [-0.15, -0.1) is 11.3 Å². The molecule has 0 saturated heterocycles. The van der Waals surface area contributed by atoms with Crippen molar-refractivity contribution < 1.29 is 14.7 Å². The summed E-state index contributed by atoms with van der Waals surface area (Å²) in [6.45, 7) is 0. The second-order valence-corrected chi connectivity index (χ2v) is 7.31. The summed E-state index contributed by atoms with van der Waals surface area (Å²) in [5.41, 5.74) is 0.824. The van der Waals surface area contributed by atoms with E-state index in [-0.39, 0.29) is 11.3 Å². The van der Waals surface area contributed by atoms with Crippen molar-refractivity contribution in [1.29, 1.82) is 0 Å². The number of aliphatic carboxylic acids is 1. The number of carboxylic acid groups (broad SMARTS) is 1. The second kappa shape index (κ2) is 7.44. The fourth-order valence-electron chi connectivity index (χ4n) is 2.46. The van der Waals surface area contributed by atoms with E-state index < -0.39 is 17.9 Å². The third-order valence-corrected chi connectivity index (χ3v) is 5.57. The first-order valence-corrected chi connectivity index (χ1v) is 8.98. The molecule has 1 unspecified atom stereocenters. The van der Waals surface area contributed by atoms with Crippen LogP contribution in [0.4, 0.5) is 0 Å². The molecule has 3 rings (SSSR count). The quantitative estimate of drug-likeness (QED) is 0.663. The third-order valence-electron chi connectivity index (χ3n) is 3.68. The maximum Gasteiger partial charge on any atom is 0.326 e. The Morgan fingerprint density at radius 3 is 2.52 bits per heavy atom. The van der Waals surface area contributed by atoms with Crippen LogP contribution in [0.2, 0.25) is 10.0 Å². The van der Waals surface area contributed by atoms with E-state index in [4.69, 9.17) is 23.2 Å². The van der Waals surface area contributed by atoms with E-state index in [2.05, 4.69) is 5.32 Å². The molecule has 0 bridgehead atoms. The van der Waals surface area contributed by atoms with E-state index in [1.54, 1.807) is 18.2 Å². The van der Waals surface area contributed by atoms with Crippen molar-refractivity contribution in [2.45, 2.75) is 12.5 Å². The van der Waals surface area contributed by atoms with Crippen LogP contribution in [-0.2, 0) is 11.2 Å². The van der Waals surface area contributed by atoms with Crippen LogP contribution in [0.3, 0.4) is 0 Å². The molecule has 0 spiro atoms. The zero-order valence-electron chi connectivity index (χ0n) is 12.8. The van der Waals surface area contributed by atoms with Gasteiger partial charge in [-0.05, 0) is 17.7 Å². The van der Waals surface area contributed by atoms with Crippen LogP contribution in [0.15, 0.2) is 48.5 Å². The molecule has 7 heteroatoms. The van der Waals surface area contributed by atoms with Crippen molar-refractivity contribution in [3.05, 3.63) is 69.0 Å². The van der Waals surface area contributed by atoms with Crippen molar-refractivity contribution in [3.8, 4) is 0 Å². The van der Waals surface area contributed by atoms with Crippen molar-refractivity contribution in [3.63, 3.8) is 0 Å². The largest absolute Gasteiger partial charge is 0.480 e. The minimum Gasteiger partial charge on any atom is -0.480 e. The lowest BCUT2D eigenvalue weighted by Crippen LogP contribution is -2.42. The van der Waals surface area contributed by atoms with E-state index in [1.807, 2.05) is 30.3 Å². The van der Waals surface area contributed by atoms with Crippen LogP contribution in [0.5, 0.6) is 0 Å². The summed E-state index contributed by atoms with van der Waals surface area (Å²) < 4.78 is 0.776. The van der Waals surface area contributed by atoms with Crippen LogP contribution in [0.25, 0.3) is 10.1 Å². The summed E-state index contributed by atoms with van der Waals surface area (Å²) in [5.74, 6) is -1.61. The first-order chi connectivity index (χ1) is 12.0. The topological polar surface area (TPSA) is 66.4 Å². The zero-order valence-corrected chi connectivity index (χ0v) is 15.2. The summed E-state index contributed by atoms with van der Waals surface area (Å²) in [5, 5.41) is 13.5. The minimum atomic E-state index is -1.10. The molecule has 0 aliphatic carbocycles. The molecule has 0 aliphatic rings. The zero-order chi connectivity index (χ0) is 18.0. The van der Waals surface area contributed by atoms with E-state index in [0.717, 1.165) is 15.6 Å². The number of hydrogen-bond donors (Lipinski definition) is 2. The summed E-state index contributed by atoms with van der Waals surface area (Å²) in [4.78, 5) is 24.3. The molecule has 0 aliphatic heterocycles. The van der Waals surface area contributed by atoms with E-state index in [9.17, 15) is 14.7 Å². The van der Waals surface area contributed by atoms with Crippen molar-refractivity contribution in [2.75, 3.05) is 0 Å². The highest BCUT2D eigenvalue weighted by Gasteiger charge is 2.24. The number of carboxylic acids is 1. The van der Waals surface area contributed by atoms with Gasteiger partial charge in [0.05, 0.1) is 5.02 Å². The first kappa shape index (κ1) is 17.7. The summed E-state index contributed by atoms with van der Waals surface area (Å²) >= 11 is 13.4. The number of rotatable bonds is 5. The molecule has 0 radical (unpaired) electrons. The number of benzene rings is 2. The number of nitrogens with one attached hydrogen (secondary N) is 1. The molecule has 3 aromatic rings. The smallest absolute Gasteiger partial charge is 0.326 e. The van der Waals surface area contributed by atoms with Crippen LogP contribution in [-0.4, -0.2) is 23.0 Å². The van der Waals surface area contributed by atoms with Crippen molar-refractivity contribution in [2.24, 2.45) is 0 Å². The molecular weight excluding hydrogens is 381 g/mol. The molecule has 2 N–H and O–H groups in total. The van der Waals surface area contributed by atoms with Crippen molar-refractivity contribution >= 4 is 56.5 Å². The number of halogens is 2. The number of thiophene rings is 1. The Kier molecular flexibility index (Phi) is 5.27. The molecule has 2 aromatic carbocycles. The highest BCUT2D eigenvalue weighted by molar-refractivity contribution is 7.21. The number of carbonyl (C=O) groups is 2. The molecule has 1 atom stereocenters. The average molecular weight is 394 g/mol. The first-order valence-electron chi connectivity index (χ1n) is 7.41. The molecule has 25 heavy (non-hydrogen) atoms. The lowest BCUT2D eigenvalue weighted by atomic mass is 10.1. The molecule has 4 nitrogen and oxygen atoms in total. The minimum absolute atomic E-state index is 0.191. The Hall–Kier alpha value is -2.08. The molecule has 1 heterocycles. The number of fused-ring (bicyclic) bond motifs is 1. The van der Waals surface area contributed by atoms with Gasteiger partial charge in [0.25, 0.3) is 5.91 Å². The van der Waals surface area contributed by atoms with Gasteiger partial charge in [-0.1, -0.05) is 59.6 Å². The van der Waals surface area contributed by atoms with E-state index in [1.165, 1.54) is 11.3 Å². The molecule has 0 saturated carbocycles. The Morgan fingerprint density at radius 2 is 1.84 bits per heavy atom. The molecule has 1 aromatic heterocycles. The third kappa shape index (κ3) is 3.95. The van der Waals surface area contributed by atoms with Gasteiger partial charge in [-0.25, -0.2) is 4.79 Å². The van der Waals surface area contributed by atoms with Crippen LogP contribution >= 0.6 is 34.5 Å². The fraction of sp³-hybridized carbons (Fsp3) is 0.111. The van der Waals surface area contributed by atoms with Gasteiger partial charge in [-0.2, -0.15) is 0 Å². The van der Waals surface area contributed by atoms with E-state index in [0.29, 0.717) is 10.0 Å². The van der Waals surface area contributed by atoms with Gasteiger partial charge in [0, 0.05) is 21.5 Å². The van der Waals surface area contributed by atoms with Crippen LogP contribution in [0.1, 0.15) is 15.2 Å². The predicted octanol–water partition coefficient (Wildman–Crippen LogP) is 4.63. The highest BCUT2D eigenvalue weighted by Crippen LogP contribution is 2.36. The van der Waals surface area contributed by atoms with Gasteiger partial charge in [-0.3, -0.25) is 4.79 Å². The molecule has 0 fully saturated rings. The lowest BCUT2D eigenvalue weighted by molar-refractivity contribution is -0.139. The fourth-order valence-corrected chi connectivity index (χ4v) is 4.15. The molecular formula is C18H13Cl2NO3S. The SMILES string of the molecule is O=C(NC(Cc1ccccc1)C(=O)O)c1sc2cc(Cl)ccc2c1Cl. The number of hydrogen-bond acceptors (Lipinski definition) is 3. The number of amides is 1. The van der Waals surface area contributed by atoms with Gasteiger partial charge in [0.2, 0.25) is 0 Å².